The molecule has 2 heterocycles. The van der Waals surface area contributed by atoms with E-state index in [4.69, 9.17) is 4.98 Å². The Hall–Kier alpha value is -3.80. The van der Waals surface area contributed by atoms with Gasteiger partial charge in [-0.2, -0.15) is 4.98 Å². The maximum atomic E-state index is 14.3. The third-order valence-corrected chi connectivity index (χ3v) is 4.88. The summed E-state index contributed by atoms with van der Waals surface area (Å²) in [5.41, 5.74) is 3.23. The molecule has 5 aromatic rings. The maximum absolute atomic E-state index is 14.3. The monoisotopic (exact) mass is 369 g/mol. The number of nitrogens with zero attached hydrogens (tertiary/aromatic N) is 5. The van der Waals surface area contributed by atoms with Gasteiger partial charge in [-0.1, -0.05) is 42.5 Å². The highest BCUT2D eigenvalue weighted by Gasteiger charge is 2.16. The molecule has 0 N–H and O–H groups in total. The van der Waals surface area contributed by atoms with Crippen LogP contribution in [0.4, 0.5) is 15.9 Å². The SMILES string of the molecule is CN(c1ccccc1)c1nc2nncn2c2cc(-c3ccccc3F)ccc12. The Balaban J connectivity index is 1.77. The highest BCUT2D eigenvalue weighted by atomic mass is 19.1. The number of hydrogen-bond donors (Lipinski definition) is 0. The minimum Gasteiger partial charge on any atom is -0.329 e. The van der Waals surface area contributed by atoms with Crippen molar-refractivity contribution in [3.05, 3.63) is 84.9 Å². The van der Waals surface area contributed by atoms with Gasteiger partial charge in [0.25, 0.3) is 5.78 Å². The Labute approximate surface area is 160 Å². The van der Waals surface area contributed by atoms with Crippen LogP contribution in [0.5, 0.6) is 0 Å². The lowest BCUT2D eigenvalue weighted by Crippen LogP contribution is -2.12. The number of benzene rings is 3. The van der Waals surface area contributed by atoms with Crippen LogP contribution in [0.1, 0.15) is 0 Å². The third-order valence-electron chi connectivity index (χ3n) is 4.88. The topological polar surface area (TPSA) is 46.3 Å². The van der Waals surface area contributed by atoms with Crippen molar-refractivity contribution in [2.24, 2.45) is 0 Å². The van der Waals surface area contributed by atoms with E-state index in [1.54, 1.807) is 18.5 Å². The van der Waals surface area contributed by atoms with Gasteiger partial charge in [-0.25, -0.2) is 4.39 Å². The molecule has 0 atom stereocenters. The average Bonchev–Trinajstić information content (AvgIpc) is 3.22. The zero-order valence-corrected chi connectivity index (χ0v) is 15.1. The van der Waals surface area contributed by atoms with Crippen LogP contribution in [-0.2, 0) is 0 Å². The highest BCUT2D eigenvalue weighted by Crippen LogP contribution is 2.33. The van der Waals surface area contributed by atoms with Crippen LogP contribution in [0.2, 0.25) is 0 Å². The molecule has 0 aliphatic rings. The lowest BCUT2D eigenvalue weighted by molar-refractivity contribution is 0.631. The van der Waals surface area contributed by atoms with Crippen molar-refractivity contribution < 1.29 is 4.39 Å². The lowest BCUT2D eigenvalue weighted by atomic mass is 10.0. The molecule has 0 saturated carbocycles. The standard InChI is InChI=1S/C22H16FN5/c1-27(16-7-3-2-4-8-16)21-18-12-11-15(17-9-5-6-10-19(17)23)13-20(18)28-14-24-26-22(28)25-21/h2-14H,1H3. The van der Waals surface area contributed by atoms with Crippen LogP contribution < -0.4 is 4.90 Å². The van der Waals surface area contributed by atoms with E-state index in [-0.39, 0.29) is 5.82 Å². The van der Waals surface area contributed by atoms with Gasteiger partial charge >= 0.3 is 0 Å². The van der Waals surface area contributed by atoms with Gasteiger partial charge in [0.1, 0.15) is 18.0 Å². The van der Waals surface area contributed by atoms with Crippen molar-refractivity contribution in [3.63, 3.8) is 0 Å². The Morgan fingerprint density at radius 3 is 2.54 bits per heavy atom. The van der Waals surface area contributed by atoms with Gasteiger partial charge in [0.15, 0.2) is 0 Å². The molecule has 0 saturated heterocycles. The molecule has 6 heteroatoms. The Bertz CT molecular complexity index is 1300. The summed E-state index contributed by atoms with van der Waals surface area (Å²) in [6.07, 6.45) is 1.63. The van der Waals surface area contributed by atoms with Gasteiger partial charge < -0.3 is 4.90 Å². The lowest BCUT2D eigenvalue weighted by Gasteiger charge is -2.20. The van der Waals surface area contributed by atoms with Crippen molar-refractivity contribution in [1.82, 2.24) is 19.6 Å². The molecule has 5 nitrogen and oxygen atoms in total. The number of halogens is 1. The van der Waals surface area contributed by atoms with E-state index in [9.17, 15) is 4.39 Å². The van der Waals surface area contributed by atoms with Gasteiger partial charge in [-0.05, 0) is 35.9 Å². The van der Waals surface area contributed by atoms with Gasteiger partial charge in [0.05, 0.1) is 5.52 Å². The quantitative estimate of drug-likeness (QED) is 0.456. The Morgan fingerprint density at radius 1 is 0.929 bits per heavy atom. The third kappa shape index (κ3) is 2.58. The first-order chi connectivity index (χ1) is 13.7. The second kappa shape index (κ2) is 6.42. The van der Waals surface area contributed by atoms with Crippen LogP contribution in [-0.4, -0.2) is 26.6 Å². The van der Waals surface area contributed by atoms with Crippen molar-refractivity contribution in [2.75, 3.05) is 11.9 Å². The highest BCUT2D eigenvalue weighted by molar-refractivity contribution is 5.95. The Kier molecular flexibility index (Phi) is 3.76. The van der Waals surface area contributed by atoms with Crippen molar-refractivity contribution in [1.29, 1.82) is 0 Å². The number of fused-ring (bicyclic) bond motifs is 3. The largest absolute Gasteiger partial charge is 0.329 e. The number of hydrogen-bond acceptors (Lipinski definition) is 4. The first-order valence-corrected chi connectivity index (χ1v) is 8.89. The second-order valence-electron chi connectivity index (χ2n) is 6.54. The molecule has 136 valence electrons. The fourth-order valence-corrected chi connectivity index (χ4v) is 3.44. The summed E-state index contributed by atoms with van der Waals surface area (Å²) in [4.78, 5) is 6.71. The predicted octanol–water partition coefficient (Wildman–Crippen LogP) is 4.85. The molecule has 0 aliphatic carbocycles. The molecular formula is C22H16FN5. The summed E-state index contributed by atoms with van der Waals surface area (Å²) in [5.74, 6) is 1.01. The molecule has 0 bridgehead atoms. The first-order valence-electron chi connectivity index (χ1n) is 8.89. The van der Waals surface area contributed by atoms with E-state index in [2.05, 4.69) is 10.2 Å². The number of aromatic nitrogens is 4. The summed E-state index contributed by atoms with van der Waals surface area (Å²) in [6.45, 7) is 0. The van der Waals surface area contributed by atoms with Gasteiger partial charge in [-0.3, -0.25) is 4.40 Å². The molecule has 5 rings (SSSR count). The molecule has 0 spiro atoms. The van der Waals surface area contributed by atoms with Crippen LogP contribution in [0.3, 0.4) is 0 Å². The number of para-hydroxylation sites is 1. The van der Waals surface area contributed by atoms with Crippen LogP contribution in [0, 0.1) is 5.82 Å². The maximum Gasteiger partial charge on any atom is 0.257 e. The van der Waals surface area contributed by atoms with Gasteiger partial charge in [-0.15, -0.1) is 10.2 Å². The number of anilines is 2. The Morgan fingerprint density at radius 2 is 1.71 bits per heavy atom. The fraction of sp³-hybridized carbons (Fsp3) is 0.0455. The van der Waals surface area contributed by atoms with E-state index in [1.807, 2.05) is 70.9 Å². The molecule has 3 aromatic carbocycles. The normalized spacial score (nSPS) is 11.2. The summed E-state index contributed by atoms with van der Waals surface area (Å²) >= 11 is 0. The predicted molar refractivity (Wildman–Crippen MR) is 108 cm³/mol. The van der Waals surface area contributed by atoms with Gasteiger partial charge in [0.2, 0.25) is 0 Å². The van der Waals surface area contributed by atoms with E-state index in [0.717, 1.165) is 28.0 Å². The fourth-order valence-electron chi connectivity index (χ4n) is 3.44. The van der Waals surface area contributed by atoms with Crippen molar-refractivity contribution in [3.8, 4) is 11.1 Å². The first kappa shape index (κ1) is 16.4. The van der Waals surface area contributed by atoms with E-state index in [1.165, 1.54) is 6.07 Å². The van der Waals surface area contributed by atoms with Crippen molar-refractivity contribution in [2.45, 2.75) is 0 Å². The summed E-state index contributed by atoms with van der Waals surface area (Å²) in [5, 5.41) is 9.06. The zero-order valence-electron chi connectivity index (χ0n) is 15.1. The molecule has 0 aliphatic heterocycles. The summed E-state index contributed by atoms with van der Waals surface area (Å²) < 4.78 is 16.1. The molecular weight excluding hydrogens is 353 g/mol. The molecule has 0 radical (unpaired) electrons. The second-order valence-corrected chi connectivity index (χ2v) is 6.54. The van der Waals surface area contributed by atoms with Crippen LogP contribution in [0.25, 0.3) is 27.8 Å². The smallest absolute Gasteiger partial charge is 0.257 e. The molecule has 28 heavy (non-hydrogen) atoms. The average molecular weight is 369 g/mol. The molecule has 2 aromatic heterocycles. The summed E-state index contributed by atoms with van der Waals surface area (Å²) in [7, 11) is 1.97. The minimum atomic E-state index is -0.252. The molecule has 0 amide bonds. The molecule has 0 fully saturated rings. The van der Waals surface area contributed by atoms with E-state index in [0.29, 0.717) is 11.3 Å². The minimum absolute atomic E-state index is 0.252. The van der Waals surface area contributed by atoms with E-state index >= 15 is 0 Å². The molecule has 0 unspecified atom stereocenters. The summed E-state index contributed by atoms with van der Waals surface area (Å²) in [6, 6.07) is 22.6. The van der Waals surface area contributed by atoms with Gasteiger partial charge in [0, 0.05) is 23.7 Å². The number of rotatable bonds is 3. The van der Waals surface area contributed by atoms with Crippen LogP contribution >= 0.6 is 0 Å². The van der Waals surface area contributed by atoms with Crippen LogP contribution in [0.15, 0.2) is 79.1 Å². The van der Waals surface area contributed by atoms with Crippen molar-refractivity contribution >= 4 is 28.2 Å². The van der Waals surface area contributed by atoms with E-state index < -0.39 is 0 Å². The zero-order chi connectivity index (χ0) is 19.1.